The Morgan fingerprint density at radius 1 is 1.34 bits per heavy atom. The van der Waals surface area contributed by atoms with Crippen molar-refractivity contribution in [1.82, 2.24) is 24.8 Å². The number of nitrogen functional groups attached to an aromatic ring is 1. The highest BCUT2D eigenvalue weighted by Gasteiger charge is 2.55. The van der Waals surface area contributed by atoms with Gasteiger partial charge in [-0.3, -0.25) is 24.3 Å². The first-order chi connectivity index (χ1) is 17.5. The van der Waals surface area contributed by atoms with E-state index in [-0.39, 0.29) is 28.1 Å². The van der Waals surface area contributed by atoms with Crippen molar-refractivity contribution in [2.24, 2.45) is 10.9 Å². The number of nitrogens with two attached hydrogens (primary N) is 2. The van der Waals surface area contributed by atoms with Crippen LogP contribution in [0.25, 0.3) is 0 Å². The molecule has 0 radical (unpaired) electrons. The van der Waals surface area contributed by atoms with Crippen LogP contribution in [0, 0.1) is 5.41 Å². The summed E-state index contributed by atoms with van der Waals surface area (Å²) >= 11 is 0.931. The molecule has 0 spiro atoms. The largest absolute Gasteiger partial charge is 0.478 e. The van der Waals surface area contributed by atoms with Gasteiger partial charge < -0.3 is 36.9 Å². The fourth-order valence-electron chi connectivity index (χ4n) is 3.62. The average Bonchev–Trinajstić information content (AvgIpc) is 3.36. The van der Waals surface area contributed by atoms with E-state index in [0.29, 0.717) is 0 Å². The number of nitrogens with zero attached hydrogens (tertiary/aromatic N) is 4. The number of carbonyl (C=O) groups is 4. The van der Waals surface area contributed by atoms with Gasteiger partial charge in [0, 0.05) is 18.5 Å². The molecular weight excluding hydrogens is 550 g/mol. The highest BCUT2D eigenvalue weighted by atomic mass is 32.2. The Morgan fingerprint density at radius 3 is 2.53 bits per heavy atom. The van der Waals surface area contributed by atoms with E-state index in [4.69, 9.17) is 21.7 Å². The highest BCUT2D eigenvalue weighted by molar-refractivity contribution is 7.84. The van der Waals surface area contributed by atoms with Crippen LogP contribution in [-0.4, -0.2) is 104 Å². The minimum Gasteiger partial charge on any atom is -0.478 e. The number of β-lactam (4-membered cyclic amide) rings is 1. The lowest BCUT2D eigenvalue weighted by atomic mass is 9.97. The minimum absolute atomic E-state index is 0.0365. The first kappa shape index (κ1) is 28.5. The quantitative estimate of drug-likeness (QED) is 0.0479. The lowest BCUT2D eigenvalue weighted by Gasteiger charge is -2.45. The standard InChI is InChI=1S/C18H25N9O9S2/c1-18(2,15(31)32)36-25-10(8-6-37-17(21)23-8)12(28)24-11-9(27(14(11)30)38(33,34)35)5-26-4-3-7(13(26)29)22-16(19)20/h6-7,9,11H,3-5H2,1-2H3,(H2,21,23)(H,24,28)(H,31,32)(H4,19,20,22)(H,33,34,35)/t7-,9-,11-/m0/s1. The van der Waals surface area contributed by atoms with Gasteiger partial charge in [0.25, 0.3) is 11.8 Å². The van der Waals surface area contributed by atoms with Crippen molar-refractivity contribution in [3.05, 3.63) is 11.1 Å². The zero-order valence-corrected chi connectivity index (χ0v) is 21.6. The summed E-state index contributed by atoms with van der Waals surface area (Å²) in [5.41, 5.74) is 8.33. The van der Waals surface area contributed by atoms with Crippen molar-refractivity contribution in [3.63, 3.8) is 0 Å². The molecule has 208 valence electrons. The summed E-state index contributed by atoms with van der Waals surface area (Å²) in [6.07, 6.45) is 0.223. The summed E-state index contributed by atoms with van der Waals surface area (Å²) in [5, 5.41) is 26.2. The Balaban J connectivity index is 1.85. The number of carboxylic acid groups (broad SMARTS) is 1. The van der Waals surface area contributed by atoms with E-state index in [1.807, 2.05) is 0 Å². The number of rotatable bonds is 10. The first-order valence-electron chi connectivity index (χ1n) is 10.7. The maximum Gasteiger partial charge on any atom is 0.362 e. The van der Waals surface area contributed by atoms with Gasteiger partial charge in [0.1, 0.15) is 17.8 Å². The van der Waals surface area contributed by atoms with Gasteiger partial charge in [0.2, 0.25) is 11.5 Å². The van der Waals surface area contributed by atoms with Crippen LogP contribution in [0.15, 0.2) is 10.5 Å². The summed E-state index contributed by atoms with van der Waals surface area (Å²) in [4.78, 5) is 59.8. The molecule has 2 aliphatic heterocycles. The van der Waals surface area contributed by atoms with Gasteiger partial charge in [-0.1, -0.05) is 5.16 Å². The number of hydrogen-bond acceptors (Lipinski definition) is 12. The summed E-state index contributed by atoms with van der Waals surface area (Å²) in [7, 11) is -5.06. The summed E-state index contributed by atoms with van der Waals surface area (Å²) in [5.74, 6) is -4.68. The number of nitrogens with one attached hydrogen (secondary N) is 3. The number of aromatic nitrogens is 1. The van der Waals surface area contributed by atoms with Crippen molar-refractivity contribution in [3.8, 4) is 0 Å². The van der Waals surface area contributed by atoms with E-state index in [9.17, 15) is 37.3 Å². The molecule has 0 aromatic carbocycles. The van der Waals surface area contributed by atoms with Gasteiger partial charge in [-0.25, -0.2) is 14.1 Å². The molecule has 1 aromatic rings. The summed E-state index contributed by atoms with van der Waals surface area (Å²) < 4.78 is 33.3. The second kappa shape index (κ2) is 10.4. The number of likely N-dealkylation sites (tertiary alicyclic amines) is 1. The molecule has 0 aliphatic carbocycles. The number of carboxylic acids is 1. The van der Waals surface area contributed by atoms with Crippen molar-refractivity contribution in [2.75, 3.05) is 18.8 Å². The summed E-state index contributed by atoms with van der Waals surface area (Å²) in [6.45, 7) is 2.04. The highest BCUT2D eigenvalue weighted by Crippen LogP contribution is 2.27. The molecule has 38 heavy (non-hydrogen) atoms. The summed E-state index contributed by atoms with van der Waals surface area (Å²) in [6, 6.07) is -3.79. The molecular formula is C18H25N9O9S2. The van der Waals surface area contributed by atoms with E-state index in [2.05, 4.69) is 20.8 Å². The number of anilines is 1. The molecule has 1 aromatic heterocycles. The van der Waals surface area contributed by atoms with Crippen LogP contribution < -0.4 is 22.1 Å². The number of aliphatic carboxylic acids is 1. The maximum absolute atomic E-state index is 13.1. The molecule has 3 rings (SSSR count). The molecule has 20 heteroatoms. The van der Waals surface area contributed by atoms with Gasteiger partial charge in [-0.15, -0.1) is 11.3 Å². The van der Waals surface area contributed by atoms with Gasteiger partial charge >= 0.3 is 16.3 Å². The molecule has 3 heterocycles. The second-order valence-electron chi connectivity index (χ2n) is 8.73. The third-order valence-corrected chi connectivity index (χ3v) is 7.22. The molecule has 2 fully saturated rings. The fraction of sp³-hybridized carbons (Fsp3) is 0.500. The molecule has 9 N–H and O–H groups in total. The molecule has 0 saturated carbocycles. The Kier molecular flexibility index (Phi) is 7.79. The zero-order valence-electron chi connectivity index (χ0n) is 19.9. The number of amides is 3. The van der Waals surface area contributed by atoms with Crippen LogP contribution in [-0.2, 0) is 34.3 Å². The van der Waals surface area contributed by atoms with Crippen LogP contribution in [0.4, 0.5) is 5.13 Å². The van der Waals surface area contributed by atoms with Gasteiger partial charge in [0.15, 0.2) is 16.8 Å². The molecule has 2 saturated heterocycles. The lowest BCUT2D eigenvalue weighted by Crippen LogP contribution is -2.74. The lowest BCUT2D eigenvalue weighted by molar-refractivity contribution is -0.161. The third-order valence-electron chi connectivity index (χ3n) is 5.60. The van der Waals surface area contributed by atoms with Crippen molar-refractivity contribution in [2.45, 2.75) is 44.0 Å². The first-order valence-corrected chi connectivity index (χ1v) is 13.0. The van der Waals surface area contributed by atoms with Gasteiger partial charge in [-0.05, 0) is 20.3 Å². The van der Waals surface area contributed by atoms with E-state index in [1.165, 1.54) is 24.1 Å². The Hall–Kier alpha value is -4.04. The maximum atomic E-state index is 13.1. The van der Waals surface area contributed by atoms with Gasteiger partial charge in [-0.2, -0.15) is 8.42 Å². The van der Waals surface area contributed by atoms with Crippen LogP contribution in [0.1, 0.15) is 26.0 Å². The normalized spacial score (nSPS) is 22.2. The second-order valence-corrected chi connectivity index (χ2v) is 10.9. The van der Waals surface area contributed by atoms with Crippen LogP contribution >= 0.6 is 11.3 Å². The van der Waals surface area contributed by atoms with Crippen LogP contribution in [0.2, 0.25) is 0 Å². The third kappa shape index (κ3) is 5.92. The fourth-order valence-corrected chi connectivity index (χ4v) is 5.04. The van der Waals surface area contributed by atoms with Crippen molar-refractivity contribution in [1.29, 1.82) is 5.41 Å². The molecule has 0 unspecified atom stereocenters. The topological polar surface area (TPSA) is 284 Å². The molecule has 18 nitrogen and oxygen atoms in total. The predicted octanol–water partition coefficient (Wildman–Crippen LogP) is -3.11. The number of oxime groups is 1. The Labute approximate surface area is 219 Å². The van der Waals surface area contributed by atoms with E-state index >= 15 is 0 Å². The monoisotopic (exact) mass is 575 g/mol. The smallest absolute Gasteiger partial charge is 0.362 e. The Morgan fingerprint density at radius 2 is 2.00 bits per heavy atom. The molecule has 0 bridgehead atoms. The minimum atomic E-state index is -5.06. The van der Waals surface area contributed by atoms with Crippen LogP contribution in [0.5, 0.6) is 0 Å². The molecule has 2 aliphatic rings. The van der Waals surface area contributed by atoms with E-state index in [1.54, 1.807) is 0 Å². The van der Waals surface area contributed by atoms with Gasteiger partial charge in [0.05, 0.1) is 6.04 Å². The van der Waals surface area contributed by atoms with E-state index < -0.39 is 75.9 Å². The predicted molar refractivity (Wildman–Crippen MR) is 130 cm³/mol. The number of carbonyl (C=O) groups excluding carboxylic acids is 3. The number of thiazole rings is 1. The zero-order chi connectivity index (χ0) is 28.6. The number of hydrogen-bond donors (Lipinski definition) is 7. The van der Waals surface area contributed by atoms with E-state index in [0.717, 1.165) is 11.3 Å². The van der Waals surface area contributed by atoms with Crippen molar-refractivity contribution < 1.29 is 42.1 Å². The van der Waals surface area contributed by atoms with Crippen molar-refractivity contribution >= 4 is 62.1 Å². The average molecular weight is 576 g/mol. The Bertz CT molecular complexity index is 1310. The number of guanidine groups is 1. The SMILES string of the molecule is CC(C)(ON=C(C(=O)N[C@@H]1C(=O)N(S(=O)(=O)O)[C@H]1CN1CC[C@H](NC(=N)N)C1=O)c1csc(N)n1)C(=O)O. The molecule has 3 amide bonds. The van der Waals surface area contributed by atoms with Crippen LogP contribution in [0.3, 0.4) is 0 Å². The molecule has 3 atom stereocenters.